The Kier molecular flexibility index (Phi) is 7.03. The van der Waals surface area contributed by atoms with Gasteiger partial charge in [-0.3, -0.25) is 19.2 Å². The molecule has 0 saturated heterocycles. The van der Waals surface area contributed by atoms with Crippen molar-refractivity contribution in [3.05, 3.63) is 76.2 Å². The Balaban J connectivity index is 1.24. The number of aryl methyl sites for hydroxylation is 1. The van der Waals surface area contributed by atoms with Crippen LogP contribution in [0.25, 0.3) is 11.1 Å². The van der Waals surface area contributed by atoms with E-state index in [2.05, 4.69) is 10.6 Å². The third-order valence-corrected chi connectivity index (χ3v) is 6.64. The maximum absolute atomic E-state index is 12.3. The highest BCUT2D eigenvalue weighted by atomic mass is 32.1. The summed E-state index contributed by atoms with van der Waals surface area (Å²) in [6.45, 7) is -0.923. The second-order valence-electron chi connectivity index (χ2n) is 7.76. The molecular formula is C25H23N3O5S. The molecule has 4 rings (SSSR count). The zero-order chi connectivity index (χ0) is 24.1. The molecule has 0 bridgehead atoms. The molecule has 0 spiro atoms. The summed E-state index contributed by atoms with van der Waals surface area (Å²) in [5.74, 6) is -2.36. The van der Waals surface area contributed by atoms with E-state index in [4.69, 9.17) is 10.5 Å². The average Bonchev–Trinajstić information content (AvgIpc) is 3.42. The van der Waals surface area contributed by atoms with Crippen LogP contribution >= 0.6 is 11.3 Å². The zero-order valence-electron chi connectivity index (χ0n) is 18.3. The fourth-order valence-electron chi connectivity index (χ4n) is 3.81. The van der Waals surface area contributed by atoms with Gasteiger partial charge in [0.25, 0.3) is 17.7 Å². The predicted molar refractivity (Wildman–Crippen MR) is 129 cm³/mol. The van der Waals surface area contributed by atoms with Gasteiger partial charge in [-0.25, -0.2) is 0 Å². The first kappa shape index (κ1) is 23.2. The number of ether oxygens (including phenoxy) is 1. The van der Waals surface area contributed by atoms with Gasteiger partial charge in [0, 0.05) is 10.4 Å². The molecule has 0 saturated carbocycles. The second-order valence-corrected chi connectivity index (χ2v) is 8.87. The highest BCUT2D eigenvalue weighted by Gasteiger charge is 2.26. The normalized spacial score (nSPS) is 12.0. The maximum atomic E-state index is 12.3. The summed E-state index contributed by atoms with van der Waals surface area (Å²) in [6, 6.07) is 16.7. The van der Waals surface area contributed by atoms with Gasteiger partial charge in [0.1, 0.15) is 11.5 Å². The van der Waals surface area contributed by atoms with Crippen molar-refractivity contribution in [3.63, 3.8) is 0 Å². The van der Waals surface area contributed by atoms with Crippen LogP contribution in [0.2, 0.25) is 0 Å². The van der Waals surface area contributed by atoms with Gasteiger partial charge in [0.15, 0.2) is 6.61 Å². The van der Waals surface area contributed by atoms with Crippen LogP contribution in [0, 0.1) is 0 Å². The van der Waals surface area contributed by atoms with Gasteiger partial charge in [-0.15, -0.1) is 11.3 Å². The van der Waals surface area contributed by atoms with Crippen LogP contribution in [-0.2, 0) is 27.2 Å². The molecule has 4 N–H and O–H groups in total. The number of hydrogen-bond donors (Lipinski definition) is 3. The van der Waals surface area contributed by atoms with Crippen molar-refractivity contribution >= 4 is 40.0 Å². The Morgan fingerprint density at radius 1 is 0.941 bits per heavy atom. The van der Waals surface area contributed by atoms with E-state index in [0.717, 1.165) is 40.8 Å². The van der Waals surface area contributed by atoms with Crippen molar-refractivity contribution in [1.29, 1.82) is 0 Å². The number of hydrogen-bond acceptors (Lipinski definition) is 6. The first-order chi connectivity index (χ1) is 16.4. The zero-order valence-corrected chi connectivity index (χ0v) is 19.1. The van der Waals surface area contributed by atoms with E-state index in [1.165, 1.54) is 11.3 Å². The minimum Gasteiger partial charge on any atom is -0.454 e. The lowest BCUT2D eigenvalue weighted by Crippen LogP contribution is -2.32. The smallest absolute Gasteiger partial charge is 0.325 e. The van der Waals surface area contributed by atoms with E-state index < -0.39 is 30.3 Å². The number of benzene rings is 2. The first-order valence-electron chi connectivity index (χ1n) is 10.8. The monoisotopic (exact) mass is 477 g/mol. The molecule has 1 aromatic heterocycles. The summed E-state index contributed by atoms with van der Waals surface area (Å²) in [5, 5.41) is 5.46. The van der Waals surface area contributed by atoms with Gasteiger partial charge in [-0.1, -0.05) is 42.5 Å². The van der Waals surface area contributed by atoms with Crippen LogP contribution in [0.4, 0.5) is 5.00 Å². The van der Waals surface area contributed by atoms with Gasteiger partial charge < -0.3 is 21.1 Å². The number of nitrogens with one attached hydrogen (secondary N) is 2. The lowest BCUT2D eigenvalue weighted by molar-refractivity contribution is -0.146. The Bertz CT molecular complexity index is 1240. The van der Waals surface area contributed by atoms with Crippen molar-refractivity contribution in [2.24, 2.45) is 5.73 Å². The summed E-state index contributed by atoms with van der Waals surface area (Å²) >= 11 is 1.32. The SMILES string of the molecule is NC(=O)c1c(NC(=O)COC(=O)CNC(=O)c2ccc(-c3ccccc3)cc2)sc2c1CCC2. The van der Waals surface area contributed by atoms with E-state index in [0.29, 0.717) is 16.1 Å². The molecule has 0 radical (unpaired) electrons. The molecule has 0 unspecified atom stereocenters. The fraction of sp³-hybridized carbons (Fsp3) is 0.200. The van der Waals surface area contributed by atoms with Crippen LogP contribution in [0.3, 0.4) is 0 Å². The van der Waals surface area contributed by atoms with Gasteiger partial charge >= 0.3 is 5.97 Å². The van der Waals surface area contributed by atoms with Crippen LogP contribution in [0.15, 0.2) is 54.6 Å². The summed E-state index contributed by atoms with van der Waals surface area (Å²) in [5.41, 5.74) is 9.11. The van der Waals surface area contributed by atoms with Gasteiger partial charge in [-0.2, -0.15) is 0 Å². The Morgan fingerprint density at radius 3 is 2.35 bits per heavy atom. The van der Waals surface area contributed by atoms with Crippen LogP contribution in [0.5, 0.6) is 0 Å². The molecule has 1 aliphatic carbocycles. The van der Waals surface area contributed by atoms with Gasteiger partial charge in [0.05, 0.1) is 5.56 Å². The molecule has 174 valence electrons. The van der Waals surface area contributed by atoms with Crippen molar-refractivity contribution in [3.8, 4) is 11.1 Å². The molecule has 3 amide bonds. The molecule has 0 fully saturated rings. The number of fused-ring (bicyclic) bond motifs is 1. The van der Waals surface area contributed by atoms with Crippen molar-refractivity contribution in [2.75, 3.05) is 18.5 Å². The summed E-state index contributed by atoms with van der Waals surface area (Å²) in [6.07, 6.45) is 2.56. The lowest BCUT2D eigenvalue weighted by Gasteiger charge is -2.08. The number of rotatable bonds is 8. The molecule has 8 nitrogen and oxygen atoms in total. The van der Waals surface area contributed by atoms with E-state index in [1.807, 2.05) is 42.5 Å². The number of carbonyl (C=O) groups excluding carboxylic acids is 4. The van der Waals surface area contributed by atoms with Gasteiger partial charge in [0.2, 0.25) is 0 Å². The molecule has 9 heteroatoms. The van der Waals surface area contributed by atoms with Crippen LogP contribution < -0.4 is 16.4 Å². The largest absolute Gasteiger partial charge is 0.454 e. The highest BCUT2D eigenvalue weighted by Crippen LogP contribution is 2.38. The maximum Gasteiger partial charge on any atom is 0.325 e. The summed E-state index contributed by atoms with van der Waals surface area (Å²) in [4.78, 5) is 49.3. The Morgan fingerprint density at radius 2 is 1.65 bits per heavy atom. The summed E-state index contributed by atoms with van der Waals surface area (Å²) in [7, 11) is 0. The molecular weight excluding hydrogens is 454 g/mol. The van der Waals surface area contributed by atoms with E-state index in [-0.39, 0.29) is 6.54 Å². The number of anilines is 1. The quantitative estimate of drug-likeness (QED) is 0.430. The molecule has 2 aromatic carbocycles. The molecule has 1 heterocycles. The van der Waals surface area contributed by atoms with Crippen molar-refractivity contribution in [2.45, 2.75) is 19.3 Å². The second kappa shape index (κ2) is 10.3. The van der Waals surface area contributed by atoms with E-state index in [1.54, 1.807) is 12.1 Å². The molecule has 1 aliphatic rings. The number of carbonyl (C=O) groups is 4. The number of amides is 3. The lowest BCUT2D eigenvalue weighted by atomic mass is 10.0. The Hall–Kier alpha value is -3.98. The minimum absolute atomic E-state index is 0.336. The minimum atomic E-state index is -0.756. The topological polar surface area (TPSA) is 128 Å². The third-order valence-electron chi connectivity index (χ3n) is 5.43. The molecule has 0 atom stereocenters. The fourth-order valence-corrected chi connectivity index (χ4v) is 5.12. The number of esters is 1. The number of primary amides is 1. The third kappa shape index (κ3) is 5.32. The van der Waals surface area contributed by atoms with E-state index >= 15 is 0 Å². The predicted octanol–water partition coefficient (Wildman–Crippen LogP) is 2.91. The molecule has 0 aliphatic heterocycles. The average molecular weight is 478 g/mol. The number of thiophene rings is 1. The van der Waals surface area contributed by atoms with Crippen LogP contribution in [-0.4, -0.2) is 36.8 Å². The summed E-state index contributed by atoms with van der Waals surface area (Å²) < 4.78 is 4.94. The van der Waals surface area contributed by atoms with Crippen molar-refractivity contribution in [1.82, 2.24) is 5.32 Å². The first-order valence-corrected chi connectivity index (χ1v) is 11.6. The van der Waals surface area contributed by atoms with Crippen LogP contribution in [0.1, 0.15) is 37.6 Å². The highest BCUT2D eigenvalue weighted by molar-refractivity contribution is 7.17. The Labute approximate surface area is 200 Å². The van der Waals surface area contributed by atoms with E-state index in [9.17, 15) is 19.2 Å². The number of nitrogens with two attached hydrogens (primary N) is 1. The molecule has 3 aromatic rings. The van der Waals surface area contributed by atoms with Gasteiger partial charge in [-0.05, 0) is 48.1 Å². The molecule has 34 heavy (non-hydrogen) atoms. The standard InChI is InChI=1S/C25H23N3O5S/c26-23(31)22-18-7-4-8-19(18)34-25(22)28-20(29)14-33-21(30)13-27-24(32)17-11-9-16(10-12-17)15-5-2-1-3-6-15/h1-3,5-6,9-12H,4,7-8,13-14H2,(H2,26,31)(H,27,32)(H,28,29). The van der Waals surface area contributed by atoms with Crippen molar-refractivity contribution < 1.29 is 23.9 Å².